The first-order valence-corrected chi connectivity index (χ1v) is 9.80. The zero-order valence-electron chi connectivity index (χ0n) is 18.4. The topological polar surface area (TPSA) is 115 Å². The second-order valence-corrected chi connectivity index (χ2v) is 8.47. The molecule has 2 N–H and O–H groups in total. The highest BCUT2D eigenvalue weighted by molar-refractivity contribution is 6.08. The Balaban J connectivity index is 1.90. The molecule has 2 heterocycles. The van der Waals surface area contributed by atoms with Gasteiger partial charge < -0.3 is 15.2 Å². The Morgan fingerprint density at radius 1 is 1.28 bits per heavy atom. The zero-order valence-corrected chi connectivity index (χ0v) is 18.4. The Kier molecular flexibility index (Phi) is 6.07. The Hall–Kier alpha value is -4.06. The fourth-order valence-electron chi connectivity index (χ4n) is 2.94. The number of ketones is 1. The highest BCUT2D eigenvalue weighted by Gasteiger charge is 2.26. The molecule has 0 aliphatic rings. The van der Waals surface area contributed by atoms with Gasteiger partial charge >= 0.3 is 0 Å². The Morgan fingerprint density at radius 2 is 2.00 bits per heavy atom. The van der Waals surface area contributed by atoms with E-state index in [1.807, 2.05) is 26.8 Å². The van der Waals surface area contributed by atoms with Gasteiger partial charge in [0.15, 0.2) is 11.4 Å². The normalized spacial score (nSPS) is 11.8. The van der Waals surface area contributed by atoms with Crippen LogP contribution in [0, 0.1) is 22.6 Å². The van der Waals surface area contributed by atoms with Crippen LogP contribution in [0.5, 0.6) is 0 Å². The van der Waals surface area contributed by atoms with Crippen LogP contribution in [0.25, 0.3) is 17.2 Å². The maximum atomic E-state index is 14.7. The molecule has 0 spiro atoms. The van der Waals surface area contributed by atoms with Gasteiger partial charge in [-0.2, -0.15) is 5.26 Å². The summed E-state index contributed by atoms with van der Waals surface area (Å²) in [5, 5.41) is 12.1. The zero-order chi connectivity index (χ0) is 23.6. The van der Waals surface area contributed by atoms with Crippen molar-refractivity contribution in [3.05, 3.63) is 53.1 Å². The number of H-pyrrole nitrogens is 1. The first kappa shape index (κ1) is 22.6. The summed E-state index contributed by atoms with van der Waals surface area (Å²) in [6.07, 6.45) is 4.33. The highest BCUT2D eigenvalue weighted by atomic mass is 19.1. The Labute approximate surface area is 184 Å². The smallest absolute Gasteiger partial charge is 0.264 e. The van der Waals surface area contributed by atoms with E-state index in [9.17, 15) is 19.2 Å². The molecule has 0 unspecified atom stereocenters. The van der Waals surface area contributed by atoms with Gasteiger partial charge in [-0.1, -0.05) is 26.8 Å². The summed E-state index contributed by atoms with van der Waals surface area (Å²) in [6, 6.07) is 6.08. The molecule has 0 aliphatic carbocycles. The van der Waals surface area contributed by atoms with E-state index in [1.165, 1.54) is 43.4 Å². The molecule has 2 aromatic heterocycles. The number of likely N-dealkylation sites (N-methyl/N-ethyl adjacent to an activating group) is 1. The minimum absolute atomic E-state index is 0.0851. The number of Topliss-reactive ketones (excluding diaryl/α,β-unsaturated/α-hetero) is 1. The van der Waals surface area contributed by atoms with Crippen LogP contribution < -0.4 is 5.32 Å². The molecule has 1 amide bonds. The summed E-state index contributed by atoms with van der Waals surface area (Å²) in [4.78, 5) is 37.6. The van der Waals surface area contributed by atoms with Gasteiger partial charge in [-0.3, -0.25) is 9.59 Å². The number of carbonyl (C=O) groups excluding carboxylic acids is 2. The van der Waals surface area contributed by atoms with Crippen molar-refractivity contribution < 1.29 is 14.0 Å². The second kappa shape index (κ2) is 8.59. The van der Waals surface area contributed by atoms with E-state index >= 15 is 0 Å². The summed E-state index contributed by atoms with van der Waals surface area (Å²) in [5.74, 6) is -0.887. The fourth-order valence-corrected chi connectivity index (χ4v) is 2.94. The predicted molar refractivity (Wildman–Crippen MR) is 120 cm³/mol. The number of halogens is 1. The van der Waals surface area contributed by atoms with Crippen LogP contribution in [-0.2, 0) is 4.79 Å². The van der Waals surface area contributed by atoms with E-state index in [1.54, 1.807) is 12.3 Å². The number of hydrogen-bond acceptors (Lipinski definition) is 6. The van der Waals surface area contributed by atoms with Crippen LogP contribution in [-0.4, -0.2) is 45.6 Å². The maximum Gasteiger partial charge on any atom is 0.264 e. The van der Waals surface area contributed by atoms with Gasteiger partial charge in [-0.05, 0) is 23.8 Å². The SMILES string of the molecule is CN(C)C(=O)/C(C#N)=C\c1ccc(Nc2cnc3[nH]cc(C(=O)C(C)(C)C)c3n2)c(F)c1. The van der Waals surface area contributed by atoms with Crippen molar-refractivity contribution in [2.75, 3.05) is 19.4 Å². The number of anilines is 2. The largest absolute Gasteiger partial charge is 0.344 e. The van der Waals surface area contributed by atoms with Crippen molar-refractivity contribution in [1.82, 2.24) is 19.9 Å². The summed E-state index contributed by atoms with van der Waals surface area (Å²) < 4.78 is 14.7. The lowest BCUT2D eigenvalue weighted by atomic mass is 9.87. The molecule has 164 valence electrons. The lowest BCUT2D eigenvalue weighted by Crippen LogP contribution is -2.22. The molecular formula is C23H23FN6O2. The van der Waals surface area contributed by atoms with Crippen LogP contribution in [0.2, 0.25) is 0 Å². The molecule has 0 bridgehead atoms. The molecule has 8 nitrogen and oxygen atoms in total. The molecule has 0 fully saturated rings. The van der Waals surface area contributed by atoms with E-state index in [4.69, 9.17) is 0 Å². The molecule has 9 heteroatoms. The molecule has 3 rings (SSSR count). The molecule has 32 heavy (non-hydrogen) atoms. The lowest BCUT2D eigenvalue weighted by Gasteiger charge is -2.15. The van der Waals surface area contributed by atoms with Crippen molar-refractivity contribution in [2.24, 2.45) is 5.41 Å². The van der Waals surface area contributed by atoms with Crippen LogP contribution in [0.3, 0.4) is 0 Å². The number of nitrogens with zero attached hydrogens (tertiary/aromatic N) is 4. The monoisotopic (exact) mass is 434 g/mol. The van der Waals surface area contributed by atoms with Crippen molar-refractivity contribution >= 4 is 40.4 Å². The number of nitrogens with one attached hydrogen (secondary N) is 2. The summed E-state index contributed by atoms with van der Waals surface area (Å²) in [6.45, 7) is 5.46. The third-order valence-electron chi connectivity index (χ3n) is 4.63. The quantitative estimate of drug-likeness (QED) is 0.355. The van der Waals surface area contributed by atoms with Gasteiger partial charge in [0, 0.05) is 25.7 Å². The summed E-state index contributed by atoms with van der Waals surface area (Å²) >= 11 is 0. The highest BCUT2D eigenvalue weighted by Crippen LogP contribution is 2.27. The average molecular weight is 434 g/mol. The molecule has 0 aliphatic heterocycles. The van der Waals surface area contributed by atoms with Gasteiger partial charge in [0.05, 0.1) is 17.4 Å². The molecule has 0 saturated heterocycles. The van der Waals surface area contributed by atoms with E-state index in [0.29, 0.717) is 22.3 Å². The second-order valence-electron chi connectivity index (χ2n) is 8.47. The molecular weight excluding hydrogens is 411 g/mol. The first-order chi connectivity index (χ1) is 15.0. The van der Waals surface area contributed by atoms with Crippen LogP contribution >= 0.6 is 0 Å². The number of hydrogen-bond donors (Lipinski definition) is 2. The number of aromatic amines is 1. The van der Waals surface area contributed by atoms with Crippen molar-refractivity contribution in [3.8, 4) is 6.07 Å². The van der Waals surface area contributed by atoms with Crippen molar-refractivity contribution in [2.45, 2.75) is 20.8 Å². The maximum absolute atomic E-state index is 14.7. The summed E-state index contributed by atoms with van der Waals surface area (Å²) in [7, 11) is 3.06. The Morgan fingerprint density at radius 3 is 2.59 bits per heavy atom. The third kappa shape index (κ3) is 4.64. The fraction of sp³-hybridized carbons (Fsp3) is 0.261. The van der Waals surface area contributed by atoms with E-state index in [0.717, 1.165) is 0 Å². The third-order valence-corrected chi connectivity index (χ3v) is 4.63. The molecule has 0 atom stereocenters. The van der Waals surface area contributed by atoms with Gasteiger partial charge in [-0.15, -0.1) is 0 Å². The van der Waals surface area contributed by atoms with Gasteiger partial charge in [0.2, 0.25) is 0 Å². The molecule has 0 radical (unpaired) electrons. The van der Waals surface area contributed by atoms with Crippen LogP contribution in [0.4, 0.5) is 15.9 Å². The van der Waals surface area contributed by atoms with Gasteiger partial charge in [-0.25, -0.2) is 14.4 Å². The number of benzene rings is 1. The minimum Gasteiger partial charge on any atom is -0.344 e. The number of fused-ring (bicyclic) bond motifs is 1. The van der Waals surface area contributed by atoms with Gasteiger partial charge in [0.25, 0.3) is 5.91 Å². The number of amides is 1. The molecule has 0 saturated carbocycles. The predicted octanol–water partition coefficient (Wildman–Crippen LogP) is 4.06. The standard InChI is InChI=1S/C23H23FN6O2/c1-23(2,3)20(31)15-11-26-21-19(15)29-18(12-27-21)28-17-7-6-13(9-16(17)24)8-14(10-25)22(32)30(4)5/h6-9,11-12H,1-5H3,(H,26,27)(H,28,29)/b14-8-. The average Bonchev–Trinajstić information content (AvgIpc) is 3.15. The van der Waals surface area contributed by atoms with E-state index < -0.39 is 17.1 Å². The number of carbonyl (C=O) groups is 2. The molecule has 1 aromatic carbocycles. The minimum atomic E-state index is -0.602. The van der Waals surface area contributed by atoms with Crippen LogP contribution in [0.15, 0.2) is 36.2 Å². The van der Waals surface area contributed by atoms with Gasteiger partial charge in [0.1, 0.15) is 28.8 Å². The first-order valence-electron chi connectivity index (χ1n) is 9.80. The van der Waals surface area contributed by atoms with Crippen molar-refractivity contribution in [3.63, 3.8) is 0 Å². The van der Waals surface area contributed by atoms with Crippen molar-refractivity contribution in [1.29, 1.82) is 5.26 Å². The van der Waals surface area contributed by atoms with Crippen LogP contribution in [0.1, 0.15) is 36.7 Å². The number of rotatable bonds is 5. The summed E-state index contributed by atoms with van der Waals surface area (Å²) in [5.41, 5.74) is 1.08. The number of nitriles is 1. The van der Waals surface area contributed by atoms with E-state index in [2.05, 4.69) is 20.3 Å². The Bertz CT molecular complexity index is 1280. The lowest BCUT2D eigenvalue weighted by molar-refractivity contribution is -0.124. The number of aromatic nitrogens is 3. The van der Waals surface area contributed by atoms with E-state index in [-0.39, 0.29) is 22.9 Å². The molecule has 3 aromatic rings.